The predicted molar refractivity (Wildman–Crippen MR) is 81.8 cm³/mol. The van der Waals surface area contributed by atoms with Crippen LogP contribution in [-0.4, -0.2) is 35.1 Å². The molecule has 0 saturated carbocycles. The Labute approximate surface area is 124 Å². The molecule has 0 fully saturated rings. The molecule has 1 aromatic carbocycles. The molecule has 1 atom stereocenters. The van der Waals surface area contributed by atoms with Crippen LogP contribution in [0, 0.1) is 0 Å². The molecule has 1 unspecified atom stereocenters. The lowest BCUT2D eigenvalue weighted by Gasteiger charge is -2.21. The Morgan fingerprint density at radius 1 is 1.25 bits per heavy atom. The van der Waals surface area contributed by atoms with Gasteiger partial charge in [-0.1, -0.05) is 23.7 Å². The molecule has 1 aromatic heterocycles. The summed E-state index contributed by atoms with van der Waals surface area (Å²) in [4.78, 5) is 6.12. The van der Waals surface area contributed by atoms with Crippen molar-refractivity contribution in [3.05, 3.63) is 64.9 Å². The Morgan fingerprint density at radius 2 is 2.00 bits per heavy atom. The summed E-state index contributed by atoms with van der Waals surface area (Å²) in [5, 5.41) is 10.9. The highest BCUT2D eigenvalue weighted by Gasteiger charge is 2.11. The van der Waals surface area contributed by atoms with E-state index in [4.69, 9.17) is 11.6 Å². The molecule has 0 aliphatic rings. The van der Waals surface area contributed by atoms with E-state index in [-0.39, 0.29) is 0 Å². The SMILES string of the molecule is CN(CCc1ccncc1)CC(O)c1cccc(Cl)c1. The second kappa shape index (κ2) is 7.39. The minimum atomic E-state index is -0.517. The number of aliphatic hydroxyl groups excluding tert-OH is 1. The van der Waals surface area contributed by atoms with E-state index in [0.29, 0.717) is 11.6 Å². The van der Waals surface area contributed by atoms with Gasteiger partial charge in [0.25, 0.3) is 0 Å². The maximum atomic E-state index is 10.2. The lowest BCUT2D eigenvalue weighted by Crippen LogP contribution is -2.26. The van der Waals surface area contributed by atoms with Gasteiger partial charge >= 0.3 is 0 Å². The van der Waals surface area contributed by atoms with Gasteiger partial charge in [0.15, 0.2) is 0 Å². The highest BCUT2D eigenvalue weighted by atomic mass is 35.5. The normalized spacial score (nSPS) is 12.6. The Balaban J connectivity index is 1.83. The number of pyridine rings is 1. The van der Waals surface area contributed by atoms with Gasteiger partial charge in [0.1, 0.15) is 0 Å². The Morgan fingerprint density at radius 3 is 2.70 bits per heavy atom. The number of aromatic nitrogens is 1. The molecule has 0 spiro atoms. The van der Waals surface area contributed by atoms with Gasteiger partial charge in [-0.2, -0.15) is 0 Å². The van der Waals surface area contributed by atoms with Crippen molar-refractivity contribution in [3.63, 3.8) is 0 Å². The molecule has 0 aliphatic heterocycles. The monoisotopic (exact) mass is 290 g/mol. The summed E-state index contributed by atoms with van der Waals surface area (Å²) in [6.07, 6.45) is 4.03. The number of hydrogen-bond acceptors (Lipinski definition) is 3. The van der Waals surface area contributed by atoms with Gasteiger partial charge < -0.3 is 10.0 Å². The standard InChI is InChI=1S/C16H19ClN2O/c1-19(10-7-13-5-8-18-9-6-13)12-16(20)14-3-2-4-15(17)11-14/h2-6,8-9,11,16,20H,7,10,12H2,1H3. The first-order valence-electron chi connectivity index (χ1n) is 6.66. The first-order valence-corrected chi connectivity index (χ1v) is 7.04. The zero-order valence-electron chi connectivity index (χ0n) is 11.5. The van der Waals surface area contributed by atoms with Crippen molar-refractivity contribution < 1.29 is 5.11 Å². The van der Waals surface area contributed by atoms with Crippen molar-refractivity contribution in [1.29, 1.82) is 0 Å². The van der Waals surface area contributed by atoms with Crippen LogP contribution in [0.3, 0.4) is 0 Å². The number of rotatable bonds is 6. The van der Waals surface area contributed by atoms with Crippen molar-refractivity contribution in [2.75, 3.05) is 20.1 Å². The lowest BCUT2D eigenvalue weighted by atomic mass is 10.1. The third-order valence-corrected chi connectivity index (χ3v) is 3.48. The summed E-state index contributed by atoms with van der Waals surface area (Å²) >= 11 is 5.94. The quantitative estimate of drug-likeness (QED) is 0.889. The predicted octanol–water partition coefficient (Wildman–Crippen LogP) is 2.94. The third-order valence-electron chi connectivity index (χ3n) is 3.25. The van der Waals surface area contributed by atoms with E-state index in [2.05, 4.69) is 9.88 Å². The van der Waals surface area contributed by atoms with E-state index in [9.17, 15) is 5.11 Å². The van der Waals surface area contributed by atoms with Crippen molar-refractivity contribution in [2.45, 2.75) is 12.5 Å². The first-order chi connectivity index (χ1) is 9.65. The molecule has 0 saturated heterocycles. The molecule has 4 heteroatoms. The summed E-state index contributed by atoms with van der Waals surface area (Å²) in [5.74, 6) is 0. The fraction of sp³-hybridized carbons (Fsp3) is 0.312. The summed E-state index contributed by atoms with van der Waals surface area (Å²) < 4.78 is 0. The summed E-state index contributed by atoms with van der Waals surface area (Å²) in [7, 11) is 2.01. The van der Waals surface area contributed by atoms with Crippen LogP contribution in [0.4, 0.5) is 0 Å². The Hall–Kier alpha value is -1.42. The average molecular weight is 291 g/mol. The van der Waals surface area contributed by atoms with Crippen LogP contribution in [0.15, 0.2) is 48.8 Å². The molecule has 0 radical (unpaired) electrons. The van der Waals surface area contributed by atoms with Crippen LogP contribution in [0.5, 0.6) is 0 Å². The van der Waals surface area contributed by atoms with E-state index in [1.54, 1.807) is 12.4 Å². The van der Waals surface area contributed by atoms with Gasteiger partial charge in [-0.3, -0.25) is 4.98 Å². The van der Waals surface area contributed by atoms with Crippen LogP contribution in [-0.2, 0) is 6.42 Å². The van der Waals surface area contributed by atoms with Crippen LogP contribution in [0.25, 0.3) is 0 Å². The number of likely N-dealkylation sites (N-methyl/N-ethyl adjacent to an activating group) is 1. The van der Waals surface area contributed by atoms with E-state index >= 15 is 0 Å². The summed E-state index contributed by atoms with van der Waals surface area (Å²) in [6.45, 7) is 1.48. The van der Waals surface area contributed by atoms with Gasteiger partial charge in [-0.25, -0.2) is 0 Å². The molecular weight excluding hydrogens is 272 g/mol. The second-order valence-corrected chi connectivity index (χ2v) is 5.37. The van der Waals surface area contributed by atoms with Gasteiger partial charge in [0.2, 0.25) is 0 Å². The molecule has 1 heterocycles. The summed E-state index contributed by atoms with van der Waals surface area (Å²) in [6, 6.07) is 11.4. The minimum Gasteiger partial charge on any atom is -0.387 e. The van der Waals surface area contributed by atoms with E-state index in [1.807, 2.05) is 43.4 Å². The highest BCUT2D eigenvalue weighted by molar-refractivity contribution is 6.30. The van der Waals surface area contributed by atoms with Crippen LogP contribution < -0.4 is 0 Å². The number of halogens is 1. The first kappa shape index (κ1) is 15.0. The molecule has 0 bridgehead atoms. The third kappa shape index (κ3) is 4.60. The minimum absolute atomic E-state index is 0.517. The fourth-order valence-corrected chi connectivity index (χ4v) is 2.27. The summed E-state index contributed by atoms with van der Waals surface area (Å²) in [5.41, 5.74) is 2.11. The number of benzene rings is 1. The maximum Gasteiger partial charge on any atom is 0.0917 e. The highest BCUT2D eigenvalue weighted by Crippen LogP contribution is 2.18. The molecule has 20 heavy (non-hydrogen) atoms. The molecule has 106 valence electrons. The van der Waals surface area contributed by atoms with Crippen molar-refractivity contribution in [2.24, 2.45) is 0 Å². The Kier molecular flexibility index (Phi) is 5.53. The fourth-order valence-electron chi connectivity index (χ4n) is 2.08. The van der Waals surface area contributed by atoms with Gasteiger partial charge in [-0.05, 0) is 48.9 Å². The smallest absolute Gasteiger partial charge is 0.0917 e. The number of nitrogens with zero attached hydrogens (tertiary/aromatic N) is 2. The van der Waals surface area contributed by atoms with E-state index in [1.165, 1.54) is 5.56 Å². The van der Waals surface area contributed by atoms with E-state index < -0.39 is 6.10 Å². The van der Waals surface area contributed by atoms with E-state index in [0.717, 1.165) is 18.5 Å². The molecule has 2 aromatic rings. The molecular formula is C16H19ClN2O. The maximum absolute atomic E-state index is 10.2. The van der Waals surface area contributed by atoms with Crippen LogP contribution in [0.2, 0.25) is 5.02 Å². The molecule has 2 rings (SSSR count). The van der Waals surface area contributed by atoms with Gasteiger partial charge in [-0.15, -0.1) is 0 Å². The lowest BCUT2D eigenvalue weighted by molar-refractivity contribution is 0.127. The zero-order chi connectivity index (χ0) is 14.4. The van der Waals surface area contributed by atoms with Crippen LogP contribution >= 0.6 is 11.6 Å². The molecule has 0 aliphatic carbocycles. The second-order valence-electron chi connectivity index (χ2n) is 4.94. The molecule has 3 nitrogen and oxygen atoms in total. The number of hydrogen-bond donors (Lipinski definition) is 1. The zero-order valence-corrected chi connectivity index (χ0v) is 12.3. The van der Waals surface area contributed by atoms with Gasteiger partial charge in [0.05, 0.1) is 6.10 Å². The van der Waals surface area contributed by atoms with Crippen LogP contribution in [0.1, 0.15) is 17.2 Å². The molecule has 0 amide bonds. The van der Waals surface area contributed by atoms with Crippen molar-refractivity contribution in [3.8, 4) is 0 Å². The number of aliphatic hydroxyl groups is 1. The van der Waals surface area contributed by atoms with Gasteiger partial charge in [0, 0.05) is 30.5 Å². The van der Waals surface area contributed by atoms with Crippen molar-refractivity contribution >= 4 is 11.6 Å². The Bertz CT molecular complexity index is 533. The topological polar surface area (TPSA) is 36.4 Å². The van der Waals surface area contributed by atoms with Crippen molar-refractivity contribution in [1.82, 2.24) is 9.88 Å². The largest absolute Gasteiger partial charge is 0.387 e. The molecule has 1 N–H and O–H groups in total. The average Bonchev–Trinajstić information content (AvgIpc) is 2.46.